The van der Waals surface area contributed by atoms with Crippen molar-refractivity contribution in [3.8, 4) is 0 Å². The van der Waals surface area contributed by atoms with E-state index in [1.807, 2.05) is 18.2 Å². The monoisotopic (exact) mass is 570 g/mol. The zero-order chi connectivity index (χ0) is 28.5. The highest BCUT2D eigenvalue weighted by Gasteiger charge is 2.52. The van der Waals surface area contributed by atoms with Gasteiger partial charge in [-0.15, -0.1) is 0 Å². The van der Waals surface area contributed by atoms with Gasteiger partial charge in [0.15, 0.2) is 5.78 Å². The number of anilines is 4. The van der Waals surface area contributed by atoms with Crippen molar-refractivity contribution in [2.45, 2.75) is 21.8 Å². The van der Waals surface area contributed by atoms with Crippen molar-refractivity contribution in [1.82, 2.24) is 0 Å². The maximum Gasteiger partial charge on any atom is 0.193 e. The summed E-state index contributed by atoms with van der Waals surface area (Å²) in [6.45, 7) is 0. The molecule has 0 amide bonds. The van der Waals surface area contributed by atoms with Crippen molar-refractivity contribution in [3.05, 3.63) is 178 Å². The van der Waals surface area contributed by atoms with Crippen LogP contribution in [0.5, 0.6) is 0 Å². The second kappa shape index (κ2) is 9.22. The van der Waals surface area contributed by atoms with Gasteiger partial charge in [-0.05, 0) is 59.5 Å². The van der Waals surface area contributed by atoms with Gasteiger partial charge in [-0.25, -0.2) is 0 Å². The minimum atomic E-state index is -0.848. The van der Waals surface area contributed by atoms with Crippen LogP contribution in [0.1, 0.15) is 43.7 Å². The van der Waals surface area contributed by atoms with Crippen LogP contribution in [0.3, 0.4) is 0 Å². The summed E-state index contributed by atoms with van der Waals surface area (Å²) in [6.07, 6.45) is 0.728. The molecular formula is C39H26N2OS. The number of carbonyl (C=O) groups is 1. The molecule has 0 aromatic heterocycles. The summed E-state index contributed by atoms with van der Waals surface area (Å²) < 4.78 is 0. The van der Waals surface area contributed by atoms with Crippen LogP contribution < -0.4 is 10.2 Å². The third-order valence-corrected chi connectivity index (χ3v) is 10.2. The molecule has 0 spiro atoms. The number of benzene rings is 6. The first-order chi connectivity index (χ1) is 21.2. The molecule has 0 saturated carbocycles. The average molecular weight is 571 g/mol. The van der Waals surface area contributed by atoms with Crippen LogP contribution in [-0.4, -0.2) is 5.78 Å². The second-order valence-electron chi connectivity index (χ2n) is 11.3. The van der Waals surface area contributed by atoms with Crippen molar-refractivity contribution in [2.75, 3.05) is 10.2 Å². The predicted molar refractivity (Wildman–Crippen MR) is 174 cm³/mol. The zero-order valence-electron chi connectivity index (χ0n) is 23.2. The molecule has 3 aliphatic rings. The van der Waals surface area contributed by atoms with Crippen molar-refractivity contribution < 1.29 is 4.79 Å². The van der Waals surface area contributed by atoms with E-state index in [0.717, 1.165) is 68.1 Å². The first-order valence-corrected chi connectivity index (χ1v) is 15.4. The van der Waals surface area contributed by atoms with Gasteiger partial charge in [0.2, 0.25) is 0 Å². The Kier molecular flexibility index (Phi) is 5.26. The maximum absolute atomic E-state index is 14.7. The number of para-hydroxylation sites is 4. The molecule has 9 rings (SSSR count). The lowest BCUT2D eigenvalue weighted by Gasteiger charge is -2.52. The highest BCUT2D eigenvalue weighted by molar-refractivity contribution is 7.99. The Bertz CT molecular complexity index is 2020. The average Bonchev–Trinajstić information content (AvgIpc) is 3.06. The summed E-state index contributed by atoms with van der Waals surface area (Å²) in [5.41, 5.74) is 10.5. The number of hydrogen-bond acceptors (Lipinski definition) is 4. The number of fused-ring (bicyclic) bond motifs is 6. The first kappa shape index (κ1) is 24.5. The summed E-state index contributed by atoms with van der Waals surface area (Å²) in [5.74, 6) is 0.0910. The Morgan fingerprint density at radius 3 is 1.79 bits per heavy atom. The summed E-state index contributed by atoms with van der Waals surface area (Å²) >= 11 is 1.80. The quantitative estimate of drug-likeness (QED) is 0.224. The van der Waals surface area contributed by atoms with Crippen LogP contribution in [-0.2, 0) is 12.0 Å². The predicted octanol–water partition coefficient (Wildman–Crippen LogP) is 9.47. The van der Waals surface area contributed by atoms with Gasteiger partial charge >= 0.3 is 0 Å². The number of nitrogens with zero attached hydrogens (tertiary/aromatic N) is 1. The van der Waals surface area contributed by atoms with E-state index >= 15 is 0 Å². The molecular weight excluding hydrogens is 545 g/mol. The number of hydrogen-bond donors (Lipinski definition) is 1. The largest absolute Gasteiger partial charge is 0.355 e. The molecule has 1 N–H and O–H groups in total. The van der Waals surface area contributed by atoms with Crippen LogP contribution in [0.4, 0.5) is 22.7 Å². The third kappa shape index (κ3) is 3.35. The van der Waals surface area contributed by atoms with Crippen LogP contribution in [0.2, 0.25) is 0 Å². The van der Waals surface area contributed by atoms with Gasteiger partial charge < -0.3 is 10.2 Å². The SMILES string of the molecule is O=C1c2ccccc2Cc2cccc(C3(N4c5ccccc5Sc5ccccc54)c4ccccc4Nc4ccccc43)c21. The van der Waals surface area contributed by atoms with Gasteiger partial charge in [0.25, 0.3) is 0 Å². The minimum Gasteiger partial charge on any atom is -0.355 e. The van der Waals surface area contributed by atoms with Gasteiger partial charge in [-0.2, -0.15) is 0 Å². The summed E-state index contributed by atoms with van der Waals surface area (Å²) in [6, 6.07) is 49.0. The van der Waals surface area contributed by atoms with Crippen molar-refractivity contribution in [1.29, 1.82) is 0 Å². The van der Waals surface area contributed by atoms with E-state index in [2.05, 4.69) is 132 Å². The molecule has 0 saturated heterocycles. The number of ketones is 1. The highest BCUT2D eigenvalue weighted by atomic mass is 32.2. The molecule has 4 heteroatoms. The van der Waals surface area contributed by atoms with Crippen LogP contribution >= 0.6 is 11.8 Å². The molecule has 43 heavy (non-hydrogen) atoms. The topological polar surface area (TPSA) is 32.3 Å². The maximum atomic E-state index is 14.7. The van der Waals surface area contributed by atoms with Gasteiger partial charge in [0.05, 0.1) is 11.4 Å². The van der Waals surface area contributed by atoms with Crippen LogP contribution in [0.25, 0.3) is 0 Å². The number of nitrogens with one attached hydrogen (secondary N) is 1. The lowest BCUT2D eigenvalue weighted by Crippen LogP contribution is -2.50. The Balaban J connectivity index is 1.48. The second-order valence-corrected chi connectivity index (χ2v) is 12.4. The Morgan fingerprint density at radius 1 is 0.558 bits per heavy atom. The Morgan fingerprint density at radius 2 is 1.09 bits per heavy atom. The zero-order valence-corrected chi connectivity index (χ0v) is 24.1. The number of carbonyl (C=O) groups excluding carboxylic acids is 1. The molecule has 0 fully saturated rings. The highest BCUT2D eigenvalue weighted by Crippen LogP contribution is 2.61. The Labute approximate surface area is 254 Å². The van der Waals surface area contributed by atoms with Gasteiger partial charge in [0, 0.05) is 43.4 Å². The lowest BCUT2D eigenvalue weighted by molar-refractivity contribution is 0.103. The smallest absolute Gasteiger partial charge is 0.193 e. The fourth-order valence-corrected chi connectivity index (χ4v) is 8.43. The van der Waals surface area contributed by atoms with E-state index in [9.17, 15) is 4.79 Å². The summed E-state index contributed by atoms with van der Waals surface area (Å²) in [5, 5.41) is 3.74. The van der Waals surface area contributed by atoms with Crippen LogP contribution in [0, 0.1) is 0 Å². The minimum absolute atomic E-state index is 0.0910. The molecule has 6 aromatic carbocycles. The van der Waals surface area contributed by atoms with Crippen molar-refractivity contribution >= 4 is 40.3 Å². The molecule has 0 atom stereocenters. The lowest BCUT2D eigenvalue weighted by atomic mass is 9.68. The number of rotatable bonds is 2. The van der Waals surface area contributed by atoms with Crippen LogP contribution in [0.15, 0.2) is 149 Å². The first-order valence-electron chi connectivity index (χ1n) is 14.6. The molecule has 2 aliphatic heterocycles. The standard InChI is InChI=1S/C39H26N2OS/c42-38-27-14-2-1-12-25(27)24-26-13-11-17-30(37(26)38)39(28-15-3-5-18-31(28)40-32-19-6-4-16-29(32)39)41-33-20-7-9-22-35(33)43-36-23-10-8-21-34(36)41/h1-23,40H,24H2. The fraction of sp³-hybridized carbons (Fsp3) is 0.0513. The molecule has 3 nitrogen and oxygen atoms in total. The van der Waals surface area contributed by atoms with E-state index in [0.29, 0.717) is 0 Å². The molecule has 0 radical (unpaired) electrons. The molecule has 0 bridgehead atoms. The van der Waals surface area contributed by atoms with Gasteiger partial charge in [-0.1, -0.05) is 115 Å². The molecule has 6 aromatic rings. The molecule has 0 unspecified atom stereocenters. The summed E-state index contributed by atoms with van der Waals surface area (Å²) in [7, 11) is 0. The van der Waals surface area contributed by atoms with Crippen molar-refractivity contribution in [2.24, 2.45) is 0 Å². The van der Waals surface area contributed by atoms with Crippen molar-refractivity contribution in [3.63, 3.8) is 0 Å². The van der Waals surface area contributed by atoms with E-state index in [4.69, 9.17) is 0 Å². The van der Waals surface area contributed by atoms with Gasteiger partial charge in [-0.3, -0.25) is 4.79 Å². The normalized spacial score (nSPS) is 15.2. The third-order valence-electron chi connectivity index (χ3n) is 9.08. The van der Waals surface area contributed by atoms with E-state index < -0.39 is 5.54 Å². The molecule has 2 heterocycles. The van der Waals surface area contributed by atoms with Gasteiger partial charge in [0.1, 0.15) is 5.54 Å². The fourth-order valence-electron chi connectivity index (χ4n) is 7.38. The van der Waals surface area contributed by atoms with E-state index in [-0.39, 0.29) is 5.78 Å². The Hall–Kier alpha value is -5.06. The molecule has 1 aliphatic carbocycles. The molecule has 204 valence electrons. The summed E-state index contributed by atoms with van der Waals surface area (Å²) in [4.78, 5) is 19.6. The van der Waals surface area contributed by atoms with E-state index in [1.54, 1.807) is 11.8 Å². The van der Waals surface area contributed by atoms with E-state index in [1.165, 1.54) is 9.79 Å².